The summed E-state index contributed by atoms with van der Waals surface area (Å²) < 4.78 is 35.2. The van der Waals surface area contributed by atoms with Crippen LogP contribution in [0.3, 0.4) is 0 Å². The van der Waals surface area contributed by atoms with Crippen molar-refractivity contribution in [3.8, 4) is 11.5 Å². The van der Waals surface area contributed by atoms with Crippen LogP contribution in [0.5, 0.6) is 11.5 Å². The summed E-state index contributed by atoms with van der Waals surface area (Å²) in [6.07, 6.45) is 0. The van der Waals surface area contributed by atoms with Gasteiger partial charge in [0.15, 0.2) is 11.5 Å². The molecule has 0 heterocycles. The maximum atomic E-state index is 12.7. The van der Waals surface area contributed by atoms with Crippen molar-refractivity contribution in [1.29, 1.82) is 0 Å². The molecule has 0 fully saturated rings. The Morgan fingerprint density at radius 2 is 1.74 bits per heavy atom. The molecular weight excluding hydrogens is 350 g/mol. The van der Waals surface area contributed by atoms with Crippen molar-refractivity contribution in [1.82, 2.24) is 10.2 Å². The van der Waals surface area contributed by atoms with Gasteiger partial charge >= 0.3 is 6.61 Å². The first-order chi connectivity index (χ1) is 12.9. The Morgan fingerprint density at radius 1 is 1.04 bits per heavy atom. The Morgan fingerprint density at radius 3 is 2.41 bits per heavy atom. The number of hydrogen-bond donors (Lipinski definition) is 1. The molecule has 0 atom stereocenters. The first-order valence-corrected chi connectivity index (χ1v) is 9.00. The molecule has 6 heteroatoms. The zero-order chi connectivity index (χ0) is 19.8. The molecule has 0 amide bonds. The van der Waals surface area contributed by atoms with E-state index >= 15 is 0 Å². The van der Waals surface area contributed by atoms with Crippen molar-refractivity contribution < 1.29 is 18.3 Å². The zero-order valence-electron chi connectivity index (χ0n) is 16.3. The highest BCUT2D eigenvalue weighted by molar-refractivity contribution is 5.46. The predicted molar refractivity (Wildman–Crippen MR) is 103 cm³/mol. The van der Waals surface area contributed by atoms with Gasteiger partial charge in [-0.05, 0) is 38.1 Å². The third-order valence-electron chi connectivity index (χ3n) is 4.44. The quantitative estimate of drug-likeness (QED) is 0.663. The molecule has 2 aromatic carbocycles. The summed E-state index contributed by atoms with van der Waals surface area (Å²) in [6, 6.07) is 14.0. The molecule has 0 unspecified atom stereocenters. The van der Waals surface area contributed by atoms with Crippen LogP contribution in [0.25, 0.3) is 0 Å². The minimum absolute atomic E-state index is 0.0785. The number of alkyl halides is 2. The van der Waals surface area contributed by atoms with Crippen molar-refractivity contribution in [2.75, 3.05) is 14.2 Å². The van der Waals surface area contributed by atoms with E-state index < -0.39 is 6.61 Å². The smallest absolute Gasteiger partial charge is 0.387 e. The second-order valence-electron chi connectivity index (χ2n) is 6.76. The Kier molecular flexibility index (Phi) is 8.00. The lowest BCUT2D eigenvalue weighted by Gasteiger charge is -2.21. The van der Waals surface area contributed by atoms with E-state index in [-0.39, 0.29) is 5.75 Å². The number of hydrogen-bond acceptors (Lipinski definition) is 4. The normalized spacial score (nSPS) is 11.4. The summed E-state index contributed by atoms with van der Waals surface area (Å²) in [4.78, 5) is 2.27. The van der Waals surface area contributed by atoms with E-state index in [1.165, 1.54) is 12.7 Å². The van der Waals surface area contributed by atoms with E-state index in [4.69, 9.17) is 4.74 Å². The molecule has 2 aromatic rings. The minimum Gasteiger partial charge on any atom is -0.493 e. The second-order valence-corrected chi connectivity index (χ2v) is 6.76. The average Bonchev–Trinajstić information content (AvgIpc) is 2.62. The van der Waals surface area contributed by atoms with Crippen LogP contribution in [-0.4, -0.2) is 31.7 Å². The molecule has 0 spiro atoms. The van der Waals surface area contributed by atoms with Gasteiger partial charge in [-0.2, -0.15) is 8.78 Å². The first-order valence-electron chi connectivity index (χ1n) is 9.00. The Hall–Kier alpha value is -2.18. The Labute approximate surface area is 160 Å². The van der Waals surface area contributed by atoms with Crippen LogP contribution >= 0.6 is 0 Å². The lowest BCUT2D eigenvalue weighted by Crippen LogP contribution is -2.25. The van der Waals surface area contributed by atoms with E-state index in [2.05, 4.69) is 48.0 Å². The Bertz CT molecular complexity index is 723. The van der Waals surface area contributed by atoms with E-state index in [1.807, 2.05) is 12.1 Å². The fraction of sp³-hybridized carbons (Fsp3) is 0.429. The highest BCUT2D eigenvalue weighted by Gasteiger charge is 2.15. The fourth-order valence-corrected chi connectivity index (χ4v) is 2.73. The van der Waals surface area contributed by atoms with Gasteiger partial charge in [0.1, 0.15) is 0 Å². The van der Waals surface area contributed by atoms with E-state index in [0.29, 0.717) is 30.4 Å². The molecule has 0 aliphatic heterocycles. The van der Waals surface area contributed by atoms with Crippen molar-refractivity contribution in [2.45, 2.75) is 46.1 Å². The SMILES string of the molecule is COc1cccc(CNCc2cccc(CN(C)C(C)C)c2)c1OC(F)F. The van der Waals surface area contributed by atoms with Gasteiger partial charge in [0.05, 0.1) is 7.11 Å². The molecule has 148 valence electrons. The maximum absolute atomic E-state index is 12.7. The van der Waals surface area contributed by atoms with Gasteiger partial charge in [-0.15, -0.1) is 0 Å². The molecule has 2 rings (SSSR count). The van der Waals surface area contributed by atoms with Gasteiger partial charge in [-0.3, -0.25) is 4.90 Å². The molecule has 0 aromatic heterocycles. The molecule has 0 aliphatic carbocycles. The highest BCUT2D eigenvalue weighted by atomic mass is 19.3. The number of nitrogens with zero attached hydrogens (tertiary/aromatic N) is 1. The van der Waals surface area contributed by atoms with Crippen LogP contribution in [0.2, 0.25) is 0 Å². The molecule has 0 bridgehead atoms. The number of ether oxygens (including phenoxy) is 2. The second kappa shape index (κ2) is 10.2. The summed E-state index contributed by atoms with van der Waals surface area (Å²) in [5.74, 6) is 0.378. The van der Waals surface area contributed by atoms with Crippen LogP contribution in [-0.2, 0) is 19.6 Å². The standard InChI is InChI=1S/C21H28F2N2O2/c1-15(2)25(3)14-17-8-5-7-16(11-17)12-24-13-18-9-6-10-19(26-4)20(18)27-21(22)23/h5-11,15,21,24H,12-14H2,1-4H3. The molecule has 27 heavy (non-hydrogen) atoms. The number of halogens is 2. The van der Waals surface area contributed by atoms with Gasteiger partial charge in [-0.25, -0.2) is 0 Å². The minimum atomic E-state index is -2.89. The largest absolute Gasteiger partial charge is 0.493 e. The van der Waals surface area contributed by atoms with E-state index in [0.717, 1.165) is 12.1 Å². The van der Waals surface area contributed by atoms with Gasteiger partial charge in [0, 0.05) is 31.2 Å². The highest BCUT2D eigenvalue weighted by Crippen LogP contribution is 2.32. The molecule has 0 saturated heterocycles. The number of benzene rings is 2. The zero-order valence-corrected chi connectivity index (χ0v) is 16.3. The summed E-state index contributed by atoms with van der Waals surface area (Å²) in [7, 11) is 3.54. The molecule has 0 saturated carbocycles. The lowest BCUT2D eigenvalue weighted by molar-refractivity contribution is -0.0518. The molecule has 0 aliphatic rings. The van der Waals surface area contributed by atoms with Crippen molar-refractivity contribution in [3.63, 3.8) is 0 Å². The van der Waals surface area contributed by atoms with Crippen LogP contribution in [0, 0.1) is 0 Å². The molecule has 4 nitrogen and oxygen atoms in total. The summed E-state index contributed by atoms with van der Waals surface area (Å²) in [5, 5.41) is 3.29. The predicted octanol–water partition coefficient (Wildman–Crippen LogP) is 4.43. The number of para-hydroxylation sites is 1. The first kappa shape index (κ1) is 21.1. The van der Waals surface area contributed by atoms with Gasteiger partial charge in [-0.1, -0.05) is 36.4 Å². The molecule has 0 radical (unpaired) electrons. The Balaban J connectivity index is 2.00. The topological polar surface area (TPSA) is 33.7 Å². The third-order valence-corrected chi connectivity index (χ3v) is 4.44. The number of nitrogens with one attached hydrogen (secondary N) is 1. The number of rotatable bonds is 10. The van der Waals surface area contributed by atoms with Crippen molar-refractivity contribution >= 4 is 0 Å². The van der Waals surface area contributed by atoms with Gasteiger partial charge in [0.2, 0.25) is 0 Å². The van der Waals surface area contributed by atoms with Crippen LogP contribution in [0.1, 0.15) is 30.5 Å². The molecular formula is C21H28F2N2O2. The fourth-order valence-electron chi connectivity index (χ4n) is 2.73. The van der Waals surface area contributed by atoms with E-state index in [9.17, 15) is 8.78 Å². The van der Waals surface area contributed by atoms with Crippen LogP contribution in [0.15, 0.2) is 42.5 Å². The van der Waals surface area contributed by atoms with E-state index in [1.54, 1.807) is 18.2 Å². The summed E-state index contributed by atoms with van der Waals surface area (Å²) in [6.45, 7) is 3.35. The van der Waals surface area contributed by atoms with Crippen molar-refractivity contribution in [2.24, 2.45) is 0 Å². The third kappa shape index (κ3) is 6.48. The monoisotopic (exact) mass is 378 g/mol. The van der Waals surface area contributed by atoms with Gasteiger partial charge < -0.3 is 14.8 Å². The van der Waals surface area contributed by atoms with Gasteiger partial charge in [0.25, 0.3) is 0 Å². The van der Waals surface area contributed by atoms with Crippen molar-refractivity contribution in [3.05, 3.63) is 59.2 Å². The summed E-state index contributed by atoms with van der Waals surface area (Å²) >= 11 is 0. The van der Waals surface area contributed by atoms with Crippen LogP contribution < -0.4 is 14.8 Å². The average molecular weight is 378 g/mol. The lowest BCUT2D eigenvalue weighted by atomic mass is 10.1. The molecule has 1 N–H and O–H groups in total. The van der Waals surface area contributed by atoms with Crippen LogP contribution in [0.4, 0.5) is 8.78 Å². The summed E-state index contributed by atoms with van der Waals surface area (Å²) in [5.41, 5.74) is 3.02. The maximum Gasteiger partial charge on any atom is 0.387 e. The number of methoxy groups -OCH3 is 1.